The number of benzene rings is 7. The van der Waals surface area contributed by atoms with E-state index in [2.05, 4.69) is 125 Å². The first-order valence-corrected chi connectivity index (χ1v) is 14.6. The van der Waals surface area contributed by atoms with Crippen molar-refractivity contribution in [3.8, 4) is 28.3 Å². The van der Waals surface area contributed by atoms with Gasteiger partial charge in [0.05, 0.1) is 11.0 Å². The first-order valence-electron chi connectivity index (χ1n) is 14.6. The highest BCUT2D eigenvalue weighted by molar-refractivity contribution is 6.33. The van der Waals surface area contributed by atoms with E-state index >= 15 is 0 Å². The molecule has 0 N–H and O–H groups in total. The molecule has 200 valence electrons. The Hall–Kier alpha value is -5.80. The summed E-state index contributed by atoms with van der Waals surface area (Å²) in [5.74, 6) is 1.74. The highest BCUT2D eigenvalue weighted by Gasteiger charge is 2.17. The Morgan fingerprint density at radius 2 is 1.00 bits per heavy atom. The van der Waals surface area contributed by atoms with Crippen LogP contribution in [0.2, 0.25) is 0 Å². The van der Waals surface area contributed by atoms with Crippen molar-refractivity contribution in [2.75, 3.05) is 0 Å². The van der Waals surface area contributed by atoms with Gasteiger partial charge < -0.3 is 0 Å². The number of pyridine rings is 1. The number of imidazole rings is 1. The first kappa shape index (κ1) is 23.9. The maximum Gasteiger partial charge on any atom is 0.146 e. The van der Waals surface area contributed by atoms with Gasteiger partial charge in [0.2, 0.25) is 0 Å². The summed E-state index contributed by atoms with van der Waals surface area (Å²) >= 11 is 0. The lowest BCUT2D eigenvalue weighted by Gasteiger charge is -2.16. The van der Waals surface area contributed by atoms with Crippen molar-refractivity contribution >= 4 is 54.1 Å². The molecule has 9 aromatic rings. The minimum Gasteiger partial charge on any atom is -0.276 e. The second kappa shape index (κ2) is 9.37. The quantitative estimate of drug-likeness (QED) is 0.206. The van der Waals surface area contributed by atoms with E-state index in [1.165, 1.54) is 54.2 Å². The van der Waals surface area contributed by atoms with E-state index < -0.39 is 0 Å². The maximum atomic E-state index is 5.04. The average Bonchev–Trinajstić information content (AvgIpc) is 3.48. The summed E-state index contributed by atoms with van der Waals surface area (Å²) in [6.45, 7) is 0. The van der Waals surface area contributed by atoms with E-state index in [1.54, 1.807) is 0 Å². The maximum absolute atomic E-state index is 5.04. The van der Waals surface area contributed by atoms with Crippen LogP contribution in [0.25, 0.3) is 82.5 Å². The Bertz CT molecular complexity index is 2490. The van der Waals surface area contributed by atoms with Crippen molar-refractivity contribution in [3.05, 3.63) is 152 Å². The molecule has 0 radical (unpaired) electrons. The minimum atomic E-state index is 0.856. The summed E-state index contributed by atoms with van der Waals surface area (Å²) in [4.78, 5) is 9.69. The summed E-state index contributed by atoms with van der Waals surface area (Å²) in [6.07, 6.45) is 1.83. The molecule has 0 aliphatic heterocycles. The summed E-state index contributed by atoms with van der Waals surface area (Å²) in [5, 5.41) is 10.3. The number of nitrogens with zero attached hydrogens (tertiary/aromatic N) is 3. The number of aromatic nitrogens is 3. The Labute approximate surface area is 248 Å². The predicted octanol–water partition coefficient (Wildman–Crippen LogP) is 10.4. The predicted molar refractivity (Wildman–Crippen MR) is 180 cm³/mol. The van der Waals surface area contributed by atoms with Gasteiger partial charge in [-0.05, 0) is 84.5 Å². The molecule has 43 heavy (non-hydrogen) atoms. The number of hydrogen-bond donors (Lipinski definition) is 0. The molecular formula is C40H25N3. The molecule has 0 bridgehead atoms. The topological polar surface area (TPSA) is 30.7 Å². The van der Waals surface area contributed by atoms with Crippen molar-refractivity contribution in [1.82, 2.24) is 14.5 Å². The van der Waals surface area contributed by atoms with E-state index in [9.17, 15) is 0 Å². The third kappa shape index (κ3) is 3.62. The molecule has 0 atom stereocenters. The Morgan fingerprint density at radius 3 is 1.72 bits per heavy atom. The van der Waals surface area contributed by atoms with Crippen molar-refractivity contribution in [2.24, 2.45) is 0 Å². The standard InChI is InChI=1S/C40H25N3/c1-2-13-30-28(11-1)29-12-3-5-15-32(29)39-33-16-6-4-14-31(33)34(25-35(30)39)26-20-22-27(23-21-26)40-42-36-17-7-8-18-37(36)43(40)38-19-9-10-24-41-38/h1-25H. The summed E-state index contributed by atoms with van der Waals surface area (Å²) in [5.41, 5.74) is 5.45. The summed E-state index contributed by atoms with van der Waals surface area (Å²) in [6, 6.07) is 51.9. The molecule has 2 aromatic heterocycles. The zero-order valence-corrected chi connectivity index (χ0v) is 23.3. The van der Waals surface area contributed by atoms with E-state index in [1.807, 2.05) is 36.5 Å². The average molecular weight is 548 g/mol. The van der Waals surface area contributed by atoms with Crippen LogP contribution >= 0.6 is 0 Å². The molecule has 0 saturated carbocycles. The SMILES string of the molecule is c1ccc(-n2c(-c3ccc(-c4cc5c6ccccc6c6ccccc6c5c5ccccc45)cc3)nc3ccccc32)nc1. The second-order valence-electron chi connectivity index (χ2n) is 11.0. The molecule has 0 aliphatic carbocycles. The van der Waals surface area contributed by atoms with Crippen LogP contribution in [-0.2, 0) is 0 Å². The van der Waals surface area contributed by atoms with Gasteiger partial charge in [-0.1, -0.05) is 115 Å². The smallest absolute Gasteiger partial charge is 0.146 e. The number of rotatable bonds is 3. The molecule has 0 amide bonds. The van der Waals surface area contributed by atoms with Crippen LogP contribution in [0.3, 0.4) is 0 Å². The van der Waals surface area contributed by atoms with E-state index in [0.29, 0.717) is 0 Å². The van der Waals surface area contributed by atoms with Crippen LogP contribution in [0, 0.1) is 0 Å². The lowest BCUT2D eigenvalue weighted by atomic mass is 9.87. The molecule has 3 nitrogen and oxygen atoms in total. The van der Waals surface area contributed by atoms with Crippen molar-refractivity contribution in [1.29, 1.82) is 0 Å². The molecule has 0 aliphatic rings. The van der Waals surface area contributed by atoms with Gasteiger partial charge in [-0.25, -0.2) is 9.97 Å². The zero-order valence-electron chi connectivity index (χ0n) is 23.3. The molecule has 0 fully saturated rings. The Kier molecular flexibility index (Phi) is 5.20. The number of hydrogen-bond acceptors (Lipinski definition) is 2. The van der Waals surface area contributed by atoms with Crippen LogP contribution in [0.15, 0.2) is 152 Å². The molecule has 3 heteroatoms. The van der Waals surface area contributed by atoms with Gasteiger partial charge in [0, 0.05) is 11.8 Å². The fourth-order valence-corrected chi connectivity index (χ4v) is 6.74. The Balaban J connectivity index is 1.28. The van der Waals surface area contributed by atoms with Gasteiger partial charge in [-0.3, -0.25) is 4.57 Å². The van der Waals surface area contributed by atoms with Crippen LogP contribution in [-0.4, -0.2) is 14.5 Å². The molecule has 0 spiro atoms. The third-order valence-corrected chi connectivity index (χ3v) is 8.64. The van der Waals surface area contributed by atoms with Gasteiger partial charge >= 0.3 is 0 Å². The van der Waals surface area contributed by atoms with Gasteiger partial charge in [-0.15, -0.1) is 0 Å². The molecule has 7 aromatic carbocycles. The lowest BCUT2D eigenvalue weighted by Crippen LogP contribution is -1.99. The van der Waals surface area contributed by atoms with E-state index in [0.717, 1.165) is 28.2 Å². The van der Waals surface area contributed by atoms with Crippen LogP contribution in [0.4, 0.5) is 0 Å². The highest BCUT2D eigenvalue weighted by atomic mass is 15.1. The van der Waals surface area contributed by atoms with Crippen molar-refractivity contribution in [3.63, 3.8) is 0 Å². The summed E-state index contributed by atoms with van der Waals surface area (Å²) < 4.78 is 2.15. The van der Waals surface area contributed by atoms with Gasteiger partial charge in [0.15, 0.2) is 0 Å². The van der Waals surface area contributed by atoms with Gasteiger partial charge in [0.1, 0.15) is 11.6 Å². The van der Waals surface area contributed by atoms with Gasteiger partial charge in [-0.2, -0.15) is 0 Å². The number of fused-ring (bicyclic) bond motifs is 9. The fourth-order valence-electron chi connectivity index (χ4n) is 6.74. The third-order valence-electron chi connectivity index (χ3n) is 8.64. The van der Waals surface area contributed by atoms with Crippen LogP contribution in [0.1, 0.15) is 0 Å². The molecule has 0 saturated heterocycles. The second-order valence-corrected chi connectivity index (χ2v) is 11.0. The molecule has 2 heterocycles. The van der Waals surface area contributed by atoms with Crippen LogP contribution in [0.5, 0.6) is 0 Å². The molecular weight excluding hydrogens is 522 g/mol. The normalized spacial score (nSPS) is 11.7. The van der Waals surface area contributed by atoms with Crippen LogP contribution < -0.4 is 0 Å². The lowest BCUT2D eigenvalue weighted by molar-refractivity contribution is 1.03. The minimum absolute atomic E-state index is 0.856. The first-order chi connectivity index (χ1) is 21.3. The monoisotopic (exact) mass is 547 g/mol. The largest absolute Gasteiger partial charge is 0.276 e. The van der Waals surface area contributed by atoms with E-state index in [-0.39, 0.29) is 0 Å². The molecule has 0 unspecified atom stereocenters. The summed E-state index contributed by atoms with van der Waals surface area (Å²) in [7, 11) is 0. The number of para-hydroxylation sites is 2. The van der Waals surface area contributed by atoms with E-state index in [4.69, 9.17) is 4.98 Å². The molecule has 9 rings (SSSR count). The zero-order chi connectivity index (χ0) is 28.3. The van der Waals surface area contributed by atoms with Crippen molar-refractivity contribution < 1.29 is 0 Å². The highest BCUT2D eigenvalue weighted by Crippen LogP contribution is 2.43. The fraction of sp³-hybridized carbons (Fsp3) is 0. The van der Waals surface area contributed by atoms with Crippen molar-refractivity contribution in [2.45, 2.75) is 0 Å². The van der Waals surface area contributed by atoms with Gasteiger partial charge in [0.25, 0.3) is 0 Å². The Morgan fingerprint density at radius 1 is 0.442 bits per heavy atom.